The summed E-state index contributed by atoms with van der Waals surface area (Å²) in [5, 5.41) is -0.346. The molecule has 2 aromatic carbocycles. The normalized spacial score (nSPS) is 14.5. The Morgan fingerprint density at radius 2 is 1.94 bits per heavy atom. The van der Waals surface area contributed by atoms with E-state index in [1.165, 1.54) is 12.0 Å². The number of benzene rings is 2. The van der Waals surface area contributed by atoms with Crippen molar-refractivity contribution in [2.24, 2.45) is 0 Å². The number of thioether (sulfide) groups is 1. The lowest BCUT2D eigenvalue weighted by molar-refractivity contribution is -0.143. The van der Waals surface area contributed by atoms with Gasteiger partial charge in [-0.15, -0.1) is 0 Å². The van der Waals surface area contributed by atoms with E-state index in [-0.39, 0.29) is 30.9 Å². The zero-order chi connectivity index (χ0) is 24.7. The number of imide groups is 1. The average Bonchev–Trinajstić information content (AvgIpc) is 3.06. The number of carbonyl (C=O) groups excluding carboxylic acids is 3. The van der Waals surface area contributed by atoms with Gasteiger partial charge in [-0.2, -0.15) is 0 Å². The Kier molecular flexibility index (Phi) is 9.22. The van der Waals surface area contributed by atoms with Gasteiger partial charge in [-0.1, -0.05) is 12.1 Å². The Morgan fingerprint density at radius 1 is 1.15 bits per heavy atom. The van der Waals surface area contributed by atoms with Gasteiger partial charge in [-0.05, 0) is 89.7 Å². The Hall–Kier alpha value is -2.73. The molecule has 34 heavy (non-hydrogen) atoms. The van der Waals surface area contributed by atoms with Crippen molar-refractivity contribution in [3.05, 3.63) is 56.0 Å². The van der Waals surface area contributed by atoms with Gasteiger partial charge in [0.05, 0.1) is 28.7 Å². The number of halogens is 1. The SMILES string of the molecule is CCOc1cc(/C=C2\SC(=O)N(CCOc3cccc(C)c3)C2=O)cc(I)c1OCC(=O)OC. The summed E-state index contributed by atoms with van der Waals surface area (Å²) in [5.41, 5.74) is 1.73. The Morgan fingerprint density at radius 3 is 2.65 bits per heavy atom. The zero-order valence-electron chi connectivity index (χ0n) is 19.0. The second-order valence-corrected chi connectivity index (χ2v) is 9.28. The maximum absolute atomic E-state index is 12.8. The van der Waals surface area contributed by atoms with Gasteiger partial charge < -0.3 is 18.9 Å². The van der Waals surface area contributed by atoms with E-state index in [1.54, 1.807) is 18.2 Å². The van der Waals surface area contributed by atoms with Crippen LogP contribution < -0.4 is 14.2 Å². The molecule has 0 atom stereocenters. The minimum atomic E-state index is -0.512. The van der Waals surface area contributed by atoms with Crippen LogP contribution in [0.3, 0.4) is 0 Å². The summed E-state index contributed by atoms with van der Waals surface area (Å²) in [6.07, 6.45) is 1.64. The number of methoxy groups -OCH3 is 1. The molecule has 0 aliphatic carbocycles. The lowest BCUT2D eigenvalue weighted by Crippen LogP contribution is -2.32. The molecule has 0 N–H and O–H groups in total. The third-order valence-corrected chi connectivity index (χ3v) is 6.35. The van der Waals surface area contributed by atoms with Crippen molar-refractivity contribution in [1.82, 2.24) is 4.90 Å². The van der Waals surface area contributed by atoms with Crippen molar-refractivity contribution >= 4 is 57.5 Å². The van der Waals surface area contributed by atoms with Crippen molar-refractivity contribution in [3.8, 4) is 17.2 Å². The molecule has 1 saturated heterocycles. The Labute approximate surface area is 215 Å². The van der Waals surface area contributed by atoms with Crippen LogP contribution in [0.5, 0.6) is 17.2 Å². The van der Waals surface area contributed by atoms with E-state index < -0.39 is 5.97 Å². The van der Waals surface area contributed by atoms with Gasteiger partial charge in [0.15, 0.2) is 18.1 Å². The van der Waals surface area contributed by atoms with Crippen LogP contribution in [-0.2, 0) is 14.3 Å². The van der Waals surface area contributed by atoms with E-state index in [1.807, 2.05) is 38.1 Å². The van der Waals surface area contributed by atoms with Gasteiger partial charge in [0.2, 0.25) is 0 Å². The van der Waals surface area contributed by atoms with Crippen LogP contribution in [0.4, 0.5) is 4.79 Å². The highest BCUT2D eigenvalue weighted by Gasteiger charge is 2.35. The molecule has 3 rings (SSSR count). The summed E-state index contributed by atoms with van der Waals surface area (Å²) < 4.78 is 22.2. The maximum atomic E-state index is 12.8. The van der Waals surface area contributed by atoms with E-state index in [2.05, 4.69) is 27.3 Å². The van der Waals surface area contributed by atoms with Crippen molar-refractivity contribution in [2.45, 2.75) is 13.8 Å². The van der Waals surface area contributed by atoms with Crippen LogP contribution in [0.15, 0.2) is 41.3 Å². The first-order valence-corrected chi connectivity index (χ1v) is 12.3. The van der Waals surface area contributed by atoms with Crippen molar-refractivity contribution in [1.29, 1.82) is 0 Å². The molecule has 180 valence electrons. The van der Waals surface area contributed by atoms with E-state index in [9.17, 15) is 14.4 Å². The van der Waals surface area contributed by atoms with Crippen molar-refractivity contribution in [2.75, 3.05) is 33.5 Å². The average molecular weight is 597 g/mol. The summed E-state index contributed by atoms with van der Waals surface area (Å²) in [6, 6.07) is 11.1. The first-order chi connectivity index (χ1) is 16.3. The minimum Gasteiger partial charge on any atom is -0.492 e. The van der Waals surface area contributed by atoms with E-state index >= 15 is 0 Å². The third kappa shape index (κ3) is 6.66. The van der Waals surface area contributed by atoms with Crippen LogP contribution in [0, 0.1) is 10.5 Å². The molecule has 0 spiro atoms. The number of nitrogens with zero attached hydrogens (tertiary/aromatic N) is 1. The molecule has 0 saturated carbocycles. The quantitative estimate of drug-likeness (QED) is 0.222. The van der Waals surface area contributed by atoms with Gasteiger partial charge in [0.25, 0.3) is 11.1 Å². The van der Waals surface area contributed by atoms with Crippen LogP contribution in [-0.4, -0.2) is 55.5 Å². The highest BCUT2D eigenvalue weighted by molar-refractivity contribution is 14.1. The first-order valence-electron chi connectivity index (χ1n) is 10.4. The second kappa shape index (κ2) is 12.1. The summed E-state index contributed by atoms with van der Waals surface area (Å²) in [7, 11) is 1.28. The molecule has 0 unspecified atom stereocenters. The molecule has 10 heteroatoms. The number of aryl methyl sites for hydroxylation is 1. The van der Waals surface area contributed by atoms with Crippen molar-refractivity contribution in [3.63, 3.8) is 0 Å². The van der Waals surface area contributed by atoms with Gasteiger partial charge >= 0.3 is 5.97 Å². The summed E-state index contributed by atoms with van der Waals surface area (Å²) in [4.78, 5) is 38.2. The number of esters is 1. The van der Waals surface area contributed by atoms with Gasteiger partial charge in [0, 0.05) is 0 Å². The van der Waals surface area contributed by atoms with E-state index in [4.69, 9.17) is 14.2 Å². The number of hydrogen-bond donors (Lipinski definition) is 0. The summed E-state index contributed by atoms with van der Waals surface area (Å²) >= 11 is 2.94. The van der Waals surface area contributed by atoms with Crippen LogP contribution in [0.1, 0.15) is 18.1 Å². The maximum Gasteiger partial charge on any atom is 0.343 e. The fourth-order valence-corrected chi connectivity index (χ4v) is 4.71. The van der Waals surface area contributed by atoms with Gasteiger partial charge in [0.1, 0.15) is 12.4 Å². The predicted octanol–water partition coefficient (Wildman–Crippen LogP) is 4.67. The second-order valence-electron chi connectivity index (χ2n) is 7.13. The minimum absolute atomic E-state index is 0.151. The Balaban J connectivity index is 1.72. The fraction of sp³-hybridized carbons (Fsp3) is 0.292. The topological polar surface area (TPSA) is 91.4 Å². The molecule has 0 radical (unpaired) electrons. The molecule has 1 fully saturated rings. The largest absolute Gasteiger partial charge is 0.492 e. The van der Waals surface area contributed by atoms with Crippen LogP contribution in [0.25, 0.3) is 6.08 Å². The highest BCUT2D eigenvalue weighted by atomic mass is 127. The molecule has 2 aromatic rings. The van der Waals surface area contributed by atoms with Crippen LogP contribution in [0.2, 0.25) is 0 Å². The van der Waals surface area contributed by atoms with E-state index in [0.717, 1.165) is 17.3 Å². The molecular weight excluding hydrogens is 573 g/mol. The van der Waals surface area contributed by atoms with Gasteiger partial charge in [-0.3, -0.25) is 14.5 Å². The van der Waals surface area contributed by atoms with Crippen LogP contribution >= 0.6 is 34.4 Å². The lowest BCUT2D eigenvalue weighted by atomic mass is 10.2. The summed E-state index contributed by atoms with van der Waals surface area (Å²) in [6.45, 7) is 4.27. The third-order valence-electron chi connectivity index (χ3n) is 4.64. The molecule has 1 heterocycles. The van der Waals surface area contributed by atoms with Gasteiger partial charge in [-0.25, -0.2) is 4.79 Å². The van der Waals surface area contributed by atoms with E-state index in [0.29, 0.717) is 37.9 Å². The monoisotopic (exact) mass is 597 g/mol. The number of amides is 2. The number of carbonyl (C=O) groups is 3. The fourth-order valence-electron chi connectivity index (χ4n) is 3.07. The molecule has 8 nitrogen and oxygen atoms in total. The Bertz CT molecular complexity index is 1120. The standard InChI is InChI=1S/C24H24INO7S/c1-4-31-19-12-16(11-18(25)22(19)33-14-21(27)30-3)13-20-23(28)26(24(29)34-20)8-9-32-17-7-5-6-15(2)10-17/h5-7,10-13H,4,8-9,14H2,1-3H3/b20-13-. The molecule has 0 aromatic heterocycles. The smallest absolute Gasteiger partial charge is 0.343 e. The molecule has 1 aliphatic heterocycles. The number of ether oxygens (including phenoxy) is 4. The molecule has 2 amide bonds. The number of rotatable bonds is 10. The summed E-state index contributed by atoms with van der Waals surface area (Å²) in [5.74, 6) is 0.640. The first kappa shape index (κ1) is 25.9. The lowest BCUT2D eigenvalue weighted by Gasteiger charge is -2.14. The predicted molar refractivity (Wildman–Crippen MR) is 137 cm³/mol. The van der Waals surface area contributed by atoms with Crippen molar-refractivity contribution < 1.29 is 33.3 Å². The molecular formula is C24H24INO7S. The molecule has 1 aliphatic rings. The zero-order valence-corrected chi connectivity index (χ0v) is 21.9. The highest BCUT2D eigenvalue weighted by Crippen LogP contribution is 2.37. The molecule has 0 bridgehead atoms. The number of hydrogen-bond acceptors (Lipinski definition) is 8.